The van der Waals surface area contributed by atoms with Crippen LogP contribution in [-0.4, -0.2) is 5.97 Å². The van der Waals surface area contributed by atoms with Gasteiger partial charge in [-0.3, -0.25) is 0 Å². The van der Waals surface area contributed by atoms with Crippen LogP contribution < -0.4 is 0 Å². The minimum atomic E-state index is -1.58. The molecule has 1 aromatic rings. The van der Waals surface area contributed by atoms with Crippen LogP contribution in [0, 0.1) is 23.3 Å². The average molecular weight is 248 g/mol. The van der Waals surface area contributed by atoms with Crippen LogP contribution in [0.3, 0.4) is 0 Å². The molecule has 0 radical (unpaired) electrons. The van der Waals surface area contributed by atoms with Gasteiger partial charge < -0.3 is 4.74 Å². The summed E-state index contributed by atoms with van der Waals surface area (Å²) in [7, 11) is 0. The van der Waals surface area contributed by atoms with Gasteiger partial charge in [-0.1, -0.05) is 6.58 Å². The predicted octanol–water partition coefficient (Wildman–Crippen LogP) is 2.86. The van der Waals surface area contributed by atoms with Gasteiger partial charge >= 0.3 is 5.97 Å². The van der Waals surface area contributed by atoms with E-state index < -0.39 is 41.4 Å². The third-order valence-corrected chi connectivity index (χ3v) is 1.90. The molecule has 0 aliphatic carbocycles. The molecule has 0 unspecified atom stereocenters. The topological polar surface area (TPSA) is 26.3 Å². The third kappa shape index (κ3) is 2.83. The number of carbonyl (C=O) groups is 1. The Bertz CT molecular complexity index is 457. The second-order valence-electron chi connectivity index (χ2n) is 3.30. The third-order valence-electron chi connectivity index (χ3n) is 1.90. The number of halogens is 4. The molecule has 0 aromatic heterocycles. The molecule has 0 N–H and O–H groups in total. The minimum absolute atomic E-state index is 0.00249. The highest BCUT2D eigenvalue weighted by Crippen LogP contribution is 2.20. The summed E-state index contributed by atoms with van der Waals surface area (Å²) in [5.74, 6) is -7.18. The fourth-order valence-electron chi connectivity index (χ4n) is 1.01. The summed E-state index contributed by atoms with van der Waals surface area (Å²) >= 11 is 0. The Kier molecular flexibility index (Phi) is 3.88. The molecule has 0 fully saturated rings. The van der Waals surface area contributed by atoms with E-state index in [2.05, 4.69) is 11.3 Å². The van der Waals surface area contributed by atoms with E-state index in [1.54, 1.807) is 0 Å². The van der Waals surface area contributed by atoms with Gasteiger partial charge in [-0.15, -0.1) is 0 Å². The second-order valence-corrected chi connectivity index (χ2v) is 3.30. The number of hydrogen-bond acceptors (Lipinski definition) is 2. The molecule has 0 saturated carbocycles. The normalized spacial score (nSPS) is 10.2. The van der Waals surface area contributed by atoms with E-state index >= 15 is 0 Å². The lowest BCUT2D eigenvalue weighted by Gasteiger charge is -2.07. The first-order chi connectivity index (χ1) is 7.84. The zero-order valence-electron chi connectivity index (χ0n) is 8.82. The second kappa shape index (κ2) is 4.99. The lowest BCUT2D eigenvalue weighted by atomic mass is 10.2. The Morgan fingerprint density at radius 3 is 2.12 bits per heavy atom. The zero-order valence-corrected chi connectivity index (χ0v) is 8.82. The average Bonchev–Trinajstić information content (AvgIpc) is 2.26. The molecule has 92 valence electrons. The van der Waals surface area contributed by atoms with Crippen LogP contribution in [0.25, 0.3) is 0 Å². The molecule has 2 nitrogen and oxygen atoms in total. The van der Waals surface area contributed by atoms with Gasteiger partial charge in [-0.05, 0) is 6.92 Å². The standard InChI is InChI=1S/C11H8F4O2/c1-5(2)11(16)17-4-6-9(14)7(12)3-8(13)10(6)15/h3H,1,4H2,2H3. The summed E-state index contributed by atoms with van der Waals surface area (Å²) in [6.07, 6.45) is 0. The van der Waals surface area contributed by atoms with Gasteiger partial charge in [0, 0.05) is 11.6 Å². The Labute approximate surface area is 94.5 Å². The number of rotatable bonds is 3. The number of carbonyl (C=O) groups excluding carboxylic acids is 1. The predicted molar refractivity (Wildman–Crippen MR) is 50.9 cm³/mol. The summed E-state index contributed by atoms with van der Waals surface area (Å²) in [4.78, 5) is 11.0. The number of hydrogen-bond donors (Lipinski definition) is 0. The van der Waals surface area contributed by atoms with Crippen molar-refractivity contribution >= 4 is 5.97 Å². The number of esters is 1. The molecular formula is C11H8F4O2. The number of ether oxygens (including phenoxy) is 1. The van der Waals surface area contributed by atoms with Gasteiger partial charge in [0.05, 0.1) is 5.56 Å². The van der Waals surface area contributed by atoms with Crippen LogP contribution in [0.2, 0.25) is 0 Å². The maximum Gasteiger partial charge on any atom is 0.333 e. The molecule has 0 bridgehead atoms. The Morgan fingerprint density at radius 2 is 1.71 bits per heavy atom. The van der Waals surface area contributed by atoms with Crippen molar-refractivity contribution in [3.63, 3.8) is 0 Å². The monoisotopic (exact) mass is 248 g/mol. The van der Waals surface area contributed by atoms with Crippen LogP contribution in [0.5, 0.6) is 0 Å². The van der Waals surface area contributed by atoms with E-state index in [4.69, 9.17) is 0 Å². The molecule has 1 rings (SSSR count). The van der Waals surface area contributed by atoms with E-state index in [1.165, 1.54) is 6.92 Å². The van der Waals surface area contributed by atoms with Crippen LogP contribution >= 0.6 is 0 Å². The van der Waals surface area contributed by atoms with E-state index in [0.29, 0.717) is 0 Å². The van der Waals surface area contributed by atoms with E-state index in [1.807, 2.05) is 0 Å². The molecule has 17 heavy (non-hydrogen) atoms. The molecule has 0 amide bonds. The molecular weight excluding hydrogens is 240 g/mol. The van der Waals surface area contributed by atoms with E-state index in [9.17, 15) is 22.4 Å². The summed E-state index contributed by atoms with van der Waals surface area (Å²) in [6, 6.07) is 0.0781. The Morgan fingerprint density at radius 1 is 1.24 bits per heavy atom. The molecule has 0 aliphatic heterocycles. The molecule has 1 aromatic carbocycles. The van der Waals surface area contributed by atoms with E-state index in [0.717, 1.165) is 0 Å². The first kappa shape index (κ1) is 13.2. The van der Waals surface area contributed by atoms with Crippen molar-refractivity contribution in [2.45, 2.75) is 13.5 Å². The highest BCUT2D eigenvalue weighted by molar-refractivity contribution is 5.86. The molecule has 0 spiro atoms. The maximum absolute atomic E-state index is 13.1. The van der Waals surface area contributed by atoms with Gasteiger partial charge in [0.2, 0.25) is 0 Å². The number of benzene rings is 1. The van der Waals surface area contributed by atoms with Gasteiger partial charge in [0.15, 0.2) is 23.3 Å². The molecule has 6 heteroatoms. The van der Waals surface area contributed by atoms with Gasteiger partial charge in [0.1, 0.15) is 6.61 Å². The summed E-state index contributed by atoms with van der Waals surface area (Å²) in [6.45, 7) is 3.65. The van der Waals surface area contributed by atoms with Crippen molar-refractivity contribution in [2.24, 2.45) is 0 Å². The molecule has 0 atom stereocenters. The maximum atomic E-state index is 13.1. The minimum Gasteiger partial charge on any atom is -0.457 e. The van der Waals surface area contributed by atoms with E-state index in [-0.39, 0.29) is 11.6 Å². The fourth-order valence-corrected chi connectivity index (χ4v) is 1.01. The first-order valence-electron chi connectivity index (χ1n) is 4.49. The molecule has 0 heterocycles. The van der Waals surface area contributed by atoms with Gasteiger partial charge in [-0.2, -0.15) is 0 Å². The summed E-state index contributed by atoms with van der Waals surface area (Å²) in [5, 5.41) is 0. The van der Waals surface area contributed by atoms with Crippen LogP contribution in [0.4, 0.5) is 17.6 Å². The first-order valence-corrected chi connectivity index (χ1v) is 4.49. The molecule has 0 saturated heterocycles. The Balaban J connectivity index is 2.99. The van der Waals surface area contributed by atoms with Crippen LogP contribution in [0.15, 0.2) is 18.2 Å². The zero-order chi connectivity index (χ0) is 13.2. The van der Waals surface area contributed by atoms with Crippen molar-refractivity contribution in [3.8, 4) is 0 Å². The summed E-state index contributed by atoms with van der Waals surface area (Å²) < 4.78 is 56.1. The summed E-state index contributed by atoms with van der Waals surface area (Å²) in [5.41, 5.74) is -0.972. The quantitative estimate of drug-likeness (QED) is 0.356. The largest absolute Gasteiger partial charge is 0.457 e. The smallest absolute Gasteiger partial charge is 0.333 e. The lowest BCUT2D eigenvalue weighted by Crippen LogP contribution is -2.09. The van der Waals surface area contributed by atoms with Gasteiger partial charge in [0.25, 0.3) is 0 Å². The van der Waals surface area contributed by atoms with Crippen molar-refractivity contribution in [1.29, 1.82) is 0 Å². The highest BCUT2D eigenvalue weighted by Gasteiger charge is 2.20. The van der Waals surface area contributed by atoms with Crippen molar-refractivity contribution < 1.29 is 27.1 Å². The Hall–Kier alpha value is -1.85. The van der Waals surface area contributed by atoms with Crippen molar-refractivity contribution in [2.75, 3.05) is 0 Å². The fraction of sp³-hybridized carbons (Fsp3) is 0.182. The van der Waals surface area contributed by atoms with Crippen molar-refractivity contribution in [3.05, 3.63) is 47.1 Å². The van der Waals surface area contributed by atoms with Crippen molar-refractivity contribution in [1.82, 2.24) is 0 Å². The van der Waals surface area contributed by atoms with Crippen LogP contribution in [-0.2, 0) is 16.1 Å². The molecule has 0 aliphatic rings. The van der Waals surface area contributed by atoms with Crippen LogP contribution in [0.1, 0.15) is 12.5 Å². The SMILES string of the molecule is C=C(C)C(=O)OCc1c(F)c(F)cc(F)c1F. The van der Waals surface area contributed by atoms with Gasteiger partial charge in [-0.25, -0.2) is 22.4 Å². The highest BCUT2D eigenvalue weighted by atomic mass is 19.2. The lowest BCUT2D eigenvalue weighted by molar-refractivity contribution is -0.140.